The quantitative estimate of drug-likeness (QED) is 0.477. The molecule has 0 unspecified atom stereocenters. The molecular weight excluding hydrogens is 108 g/mol. The summed E-state index contributed by atoms with van der Waals surface area (Å²) < 4.78 is 4.79. The third kappa shape index (κ3) is 0.992. The molecule has 1 saturated heterocycles. The molecular formula is C5H9O3. The predicted molar refractivity (Wildman–Crippen MR) is 26.9 cm³/mol. The molecule has 0 aromatic heterocycles. The highest BCUT2D eigenvalue weighted by molar-refractivity contribution is 4.79. The number of aliphatic hydroxyl groups excluding tert-OH is 2. The molecule has 0 amide bonds. The third-order valence-electron chi connectivity index (χ3n) is 1.22. The molecule has 3 heteroatoms. The fourth-order valence-corrected chi connectivity index (χ4v) is 0.685. The maximum Gasteiger partial charge on any atom is 0.107 e. The molecule has 0 bridgehead atoms. The van der Waals surface area contributed by atoms with E-state index < -0.39 is 6.10 Å². The minimum Gasteiger partial charge on any atom is -0.394 e. The third-order valence-corrected chi connectivity index (χ3v) is 1.22. The number of hydrogen-bond acceptors (Lipinski definition) is 3. The van der Waals surface area contributed by atoms with Crippen molar-refractivity contribution in [3.63, 3.8) is 0 Å². The largest absolute Gasteiger partial charge is 0.394 e. The average molecular weight is 117 g/mol. The molecule has 1 radical (unpaired) electrons. The van der Waals surface area contributed by atoms with Crippen LogP contribution in [0.25, 0.3) is 0 Å². The standard InChI is InChI=1S/C5H9O3/c6-3-5-4(7)1-2-8-5/h2,4-7H,1,3H2/t4-,5-/m0/s1. The molecule has 1 aliphatic rings. The van der Waals surface area contributed by atoms with Gasteiger partial charge in [0.1, 0.15) is 6.10 Å². The van der Waals surface area contributed by atoms with Gasteiger partial charge in [0.15, 0.2) is 0 Å². The van der Waals surface area contributed by atoms with Crippen LogP contribution in [0.2, 0.25) is 0 Å². The first kappa shape index (κ1) is 6.01. The van der Waals surface area contributed by atoms with Crippen LogP contribution in [0, 0.1) is 6.61 Å². The molecule has 1 rings (SSSR count). The van der Waals surface area contributed by atoms with Crippen LogP contribution in [-0.2, 0) is 4.74 Å². The summed E-state index contributed by atoms with van der Waals surface area (Å²) >= 11 is 0. The van der Waals surface area contributed by atoms with E-state index in [1.165, 1.54) is 6.61 Å². The molecule has 47 valence electrons. The molecule has 1 fully saturated rings. The van der Waals surface area contributed by atoms with Crippen molar-refractivity contribution in [1.29, 1.82) is 0 Å². The highest BCUT2D eigenvalue weighted by atomic mass is 16.5. The Kier molecular flexibility index (Phi) is 1.83. The highest BCUT2D eigenvalue weighted by Crippen LogP contribution is 2.15. The van der Waals surface area contributed by atoms with Crippen molar-refractivity contribution >= 4 is 0 Å². The number of hydrogen-bond donors (Lipinski definition) is 2. The molecule has 2 N–H and O–H groups in total. The maximum absolute atomic E-state index is 8.87. The normalized spacial score (nSPS) is 38.2. The topological polar surface area (TPSA) is 49.7 Å². The van der Waals surface area contributed by atoms with E-state index in [1.807, 2.05) is 0 Å². The van der Waals surface area contributed by atoms with E-state index in [9.17, 15) is 0 Å². The SMILES string of the molecule is OC[C@@H]1O[CH]C[C@@H]1O. The Balaban J connectivity index is 2.30. The van der Waals surface area contributed by atoms with Gasteiger partial charge >= 0.3 is 0 Å². The molecule has 0 saturated carbocycles. The fraction of sp³-hybridized carbons (Fsp3) is 0.800. The summed E-state index contributed by atoms with van der Waals surface area (Å²) in [6.07, 6.45) is -0.347. The van der Waals surface area contributed by atoms with Crippen molar-refractivity contribution in [2.75, 3.05) is 6.61 Å². The lowest BCUT2D eigenvalue weighted by Gasteiger charge is -2.07. The predicted octanol–water partition coefficient (Wildman–Crippen LogP) is -0.710. The molecule has 1 heterocycles. The monoisotopic (exact) mass is 117 g/mol. The van der Waals surface area contributed by atoms with Crippen LogP contribution in [0.3, 0.4) is 0 Å². The van der Waals surface area contributed by atoms with E-state index >= 15 is 0 Å². The Morgan fingerprint density at radius 3 is 2.75 bits per heavy atom. The van der Waals surface area contributed by atoms with Gasteiger partial charge < -0.3 is 14.9 Å². The van der Waals surface area contributed by atoms with Crippen LogP contribution in [0.4, 0.5) is 0 Å². The van der Waals surface area contributed by atoms with E-state index in [0.717, 1.165) is 0 Å². The van der Waals surface area contributed by atoms with Crippen LogP contribution in [-0.4, -0.2) is 29.0 Å². The summed E-state index contributed by atoms with van der Waals surface area (Å²) in [5, 5.41) is 17.3. The Morgan fingerprint density at radius 1 is 1.75 bits per heavy atom. The summed E-state index contributed by atoms with van der Waals surface area (Å²) in [6.45, 7) is 1.42. The molecule has 2 atom stereocenters. The van der Waals surface area contributed by atoms with Gasteiger partial charge in [-0.05, 0) is 0 Å². The average Bonchev–Trinajstić information content (AvgIpc) is 2.14. The van der Waals surface area contributed by atoms with E-state index in [2.05, 4.69) is 0 Å². The van der Waals surface area contributed by atoms with Gasteiger partial charge in [0, 0.05) is 6.42 Å². The lowest BCUT2D eigenvalue weighted by molar-refractivity contribution is 0.0169. The van der Waals surface area contributed by atoms with Crippen molar-refractivity contribution in [3.05, 3.63) is 6.61 Å². The van der Waals surface area contributed by atoms with Crippen molar-refractivity contribution in [1.82, 2.24) is 0 Å². The number of ether oxygens (including phenoxy) is 1. The first-order valence-electron chi connectivity index (χ1n) is 2.60. The second-order valence-corrected chi connectivity index (χ2v) is 1.83. The van der Waals surface area contributed by atoms with E-state index in [-0.39, 0.29) is 12.7 Å². The van der Waals surface area contributed by atoms with Crippen molar-refractivity contribution in [3.8, 4) is 0 Å². The van der Waals surface area contributed by atoms with Crippen molar-refractivity contribution in [2.45, 2.75) is 18.6 Å². The molecule has 0 spiro atoms. The van der Waals surface area contributed by atoms with Crippen LogP contribution in [0.15, 0.2) is 0 Å². The molecule has 0 aliphatic carbocycles. The summed E-state index contributed by atoms with van der Waals surface area (Å²) in [7, 11) is 0. The van der Waals surface area contributed by atoms with Gasteiger partial charge in [-0.15, -0.1) is 0 Å². The molecule has 3 nitrogen and oxygen atoms in total. The lowest BCUT2D eigenvalue weighted by atomic mass is 10.2. The summed E-state index contributed by atoms with van der Waals surface area (Å²) in [4.78, 5) is 0. The number of rotatable bonds is 1. The summed E-state index contributed by atoms with van der Waals surface area (Å²) in [5.41, 5.74) is 0. The minimum atomic E-state index is -0.500. The second-order valence-electron chi connectivity index (χ2n) is 1.83. The van der Waals surface area contributed by atoms with Gasteiger partial charge in [-0.2, -0.15) is 0 Å². The van der Waals surface area contributed by atoms with Gasteiger partial charge in [-0.3, -0.25) is 0 Å². The minimum absolute atomic E-state index is 0.0995. The zero-order valence-electron chi connectivity index (χ0n) is 4.45. The Hall–Kier alpha value is -0.120. The Morgan fingerprint density at radius 2 is 2.50 bits per heavy atom. The van der Waals surface area contributed by atoms with Gasteiger partial charge in [-0.1, -0.05) is 0 Å². The zero-order chi connectivity index (χ0) is 5.98. The summed E-state index contributed by atoms with van der Waals surface area (Å²) in [5.74, 6) is 0. The smallest absolute Gasteiger partial charge is 0.107 e. The van der Waals surface area contributed by atoms with E-state index in [0.29, 0.717) is 6.42 Å². The second kappa shape index (κ2) is 2.44. The highest BCUT2D eigenvalue weighted by Gasteiger charge is 2.25. The fourth-order valence-electron chi connectivity index (χ4n) is 0.685. The first-order chi connectivity index (χ1) is 3.84. The van der Waals surface area contributed by atoms with Crippen molar-refractivity contribution < 1.29 is 14.9 Å². The van der Waals surface area contributed by atoms with Crippen molar-refractivity contribution in [2.24, 2.45) is 0 Å². The Labute approximate surface area is 47.9 Å². The van der Waals surface area contributed by atoms with Gasteiger partial charge in [0.05, 0.1) is 19.3 Å². The maximum atomic E-state index is 8.87. The zero-order valence-corrected chi connectivity index (χ0v) is 4.45. The first-order valence-corrected chi connectivity index (χ1v) is 2.60. The lowest BCUT2D eigenvalue weighted by Crippen LogP contribution is -2.24. The molecule has 1 aliphatic heterocycles. The van der Waals surface area contributed by atoms with Crippen LogP contribution in [0.5, 0.6) is 0 Å². The molecule has 0 aromatic carbocycles. The number of aliphatic hydroxyl groups is 2. The molecule has 8 heavy (non-hydrogen) atoms. The van der Waals surface area contributed by atoms with Crippen LogP contribution < -0.4 is 0 Å². The van der Waals surface area contributed by atoms with E-state index in [1.54, 1.807) is 0 Å². The summed E-state index contributed by atoms with van der Waals surface area (Å²) in [6, 6.07) is 0. The Bertz CT molecular complexity index is 74.1. The van der Waals surface area contributed by atoms with Gasteiger partial charge in [-0.25, -0.2) is 0 Å². The van der Waals surface area contributed by atoms with Crippen LogP contribution >= 0.6 is 0 Å². The van der Waals surface area contributed by atoms with Gasteiger partial charge in [0.25, 0.3) is 0 Å². The van der Waals surface area contributed by atoms with Crippen LogP contribution in [0.1, 0.15) is 6.42 Å². The van der Waals surface area contributed by atoms with E-state index in [4.69, 9.17) is 14.9 Å². The molecule has 0 aromatic rings. The van der Waals surface area contributed by atoms with Gasteiger partial charge in [0.2, 0.25) is 0 Å².